The van der Waals surface area contributed by atoms with E-state index in [1.165, 1.54) is 7.11 Å². The quantitative estimate of drug-likeness (QED) is 0.537. The molecule has 1 unspecified atom stereocenters. The Morgan fingerprint density at radius 1 is 1.12 bits per heavy atom. The number of rotatable bonds is 8. The minimum atomic E-state index is -0.958. The number of aryl methyl sites for hydroxylation is 2. The van der Waals surface area contributed by atoms with Gasteiger partial charge in [0.1, 0.15) is 5.54 Å². The zero-order chi connectivity index (χ0) is 24.9. The predicted molar refractivity (Wildman–Crippen MR) is 133 cm³/mol. The number of benzene rings is 2. The summed E-state index contributed by atoms with van der Waals surface area (Å²) < 4.78 is 4.73. The van der Waals surface area contributed by atoms with Crippen LogP contribution in [-0.4, -0.2) is 53.4 Å². The van der Waals surface area contributed by atoms with Crippen LogP contribution in [0, 0.1) is 13.8 Å². The first-order chi connectivity index (χ1) is 16.1. The molecule has 7 nitrogen and oxygen atoms in total. The molecule has 3 amide bonds. The fraction of sp³-hybridized carbons (Fsp3) is 0.423. The number of carbonyl (C=O) groups excluding carboxylic acids is 3. The first-order valence-corrected chi connectivity index (χ1v) is 11.8. The molecule has 1 atom stereocenters. The van der Waals surface area contributed by atoms with Crippen molar-refractivity contribution >= 4 is 35.2 Å². The molecule has 1 aliphatic heterocycles. The molecule has 182 valence electrons. The Balaban J connectivity index is 1.75. The third-order valence-electron chi connectivity index (χ3n) is 6.21. The second-order valence-corrected chi connectivity index (χ2v) is 9.45. The molecule has 8 heteroatoms. The Hall–Kier alpha value is -3.06. The van der Waals surface area contributed by atoms with Crippen LogP contribution >= 0.6 is 11.6 Å². The molecule has 0 bridgehead atoms. The lowest BCUT2D eigenvalue weighted by atomic mass is 9.85. The number of ether oxygens (including phenoxy) is 1. The van der Waals surface area contributed by atoms with Gasteiger partial charge in [-0.2, -0.15) is 0 Å². The lowest BCUT2D eigenvalue weighted by molar-refractivity contribution is -0.149. The van der Waals surface area contributed by atoms with Crippen molar-refractivity contribution in [2.24, 2.45) is 0 Å². The molecule has 0 spiro atoms. The lowest BCUT2D eigenvalue weighted by Gasteiger charge is -2.50. The van der Waals surface area contributed by atoms with Crippen molar-refractivity contribution in [3.8, 4) is 0 Å². The number of esters is 1. The highest BCUT2D eigenvalue weighted by Crippen LogP contribution is 2.34. The summed E-state index contributed by atoms with van der Waals surface area (Å²) >= 11 is 6.01. The standard InChI is InChI=1S/C26H32ClN3O4/c1-18-14-19(2)16-22(15-18)28-25(33)30-13-11-26(30,3)24(32)29(12-5-6-23(31)34-4)17-20-7-9-21(27)10-8-20/h7-10,14-16H,5-6,11-13,17H2,1-4H3,(H,28,33). The van der Waals surface area contributed by atoms with Crippen LogP contribution in [0.5, 0.6) is 0 Å². The van der Waals surface area contributed by atoms with Gasteiger partial charge in [0.2, 0.25) is 5.91 Å². The SMILES string of the molecule is COC(=O)CCCN(Cc1ccc(Cl)cc1)C(=O)C1(C)CCN1C(=O)Nc1cc(C)cc(C)c1. The summed E-state index contributed by atoms with van der Waals surface area (Å²) in [7, 11) is 1.35. The summed E-state index contributed by atoms with van der Waals surface area (Å²) in [6.07, 6.45) is 1.26. The van der Waals surface area contributed by atoms with Crippen molar-refractivity contribution in [1.82, 2.24) is 9.80 Å². The highest BCUT2D eigenvalue weighted by molar-refractivity contribution is 6.30. The Kier molecular flexibility index (Phi) is 8.20. The largest absolute Gasteiger partial charge is 0.469 e. The smallest absolute Gasteiger partial charge is 0.322 e. The number of nitrogens with one attached hydrogen (secondary N) is 1. The average Bonchev–Trinajstić information content (AvgIpc) is 2.77. The molecular weight excluding hydrogens is 454 g/mol. The Morgan fingerprint density at radius 2 is 1.76 bits per heavy atom. The third-order valence-corrected chi connectivity index (χ3v) is 6.46. The molecule has 34 heavy (non-hydrogen) atoms. The van der Waals surface area contributed by atoms with Gasteiger partial charge in [0, 0.05) is 36.8 Å². The molecule has 0 radical (unpaired) electrons. The maximum Gasteiger partial charge on any atom is 0.322 e. The summed E-state index contributed by atoms with van der Waals surface area (Å²) in [6, 6.07) is 12.9. The van der Waals surface area contributed by atoms with Gasteiger partial charge in [-0.25, -0.2) is 4.79 Å². The molecular formula is C26H32ClN3O4. The van der Waals surface area contributed by atoms with E-state index in [0.717, 1.165) is 16.7 Å². The molecule has 1 heterocycles. The summed E-state index contributed by atoms with van der Waals surface area (Å²) in [5, 5.41) is 3.55. The van der Waals surface area contributed by atoms with Crippen molar-refractivity contribution in [3.05, 3.63) is 64.2 Å². The maximum absolute atomic E-state index is 13.7. The Morgan fingerprint density at radius 3 is 2.32 bits per heavy atom. The topological polar surface area (TPSA) is 79.0 Å². The van der Waals surface area contributed by atoms with Crippen LogP contribution in [0.4, 0.5) is 10.5 Å². The highest BCUT2D eigenvalue weighted by Gasteiger charge is 2.51. The zero-order valence-electron chi connectivity index (χ0n) is 20.2. The van der Waals surface area contributed by atoms with Crippen LogP contribution in [0.1, 0.15) is 42.9 Å². The monoisotopic (exact) mass is 485 g/mol. The van der Waals surface area contributed by atoms with Crippen LogP contribution in [0.3, 0.4) is 0 Å². The van der Waals surface area contributed by atoms with Crippen LogP contribution in [0.2, 0.25) is 5.02 Å². The molecule has 2 aromatic carbocycles. The minimum absolute atomic E-state index is 0.144. The molecule has 2 aromatic rings. The van der Waals surface area contributed by atoms with Gasteiger partial charge in [0.25, 0.3) is 0 Å². The number of hydrogen-bond donors (Lipinski definition) is 1. The van der Waals surface area contributed by atoms with E-state index < -0.39 is 5.54 Å². The molecule has 1 fully saturated rings. The first kappa shape index (κ1) is 25.6. The number of carbonyl (C=O) groups is 3. The van der Waals surface area contributed by atoms with E-state index in [1.54, 1.807) is 28.9 Å². The van der Waals surface area contributed by atoms with Gasteiger partial charge in [0.15, 0.2) is 0 Å². The summed E-state index contributed by atoms with van der Waals surface area (Å²) in [5.41, 5.74) is 2.78. The van der Waals surface area contributed by atoms with Crippen molar-refractivity contribution in [1.29, 1.82) is 0 Å². The van der Waals surface area contributed by atoms with Gasteiger partial charge >= 0.3 is 12.0 Å². The first-order valence-electron chi connectivity index (χ1n) is 11.4. The number of anilines is 1. The van der Waals surface area contributed by atoms with E-state index in [2.05, 4.69) is 5.32 Å². The highest BCUT2D eigenvalue weighted by atomic mass is 35.5. The lowest BCUT2D eigenvalue weighted by Crippen LogP contribution is -2.68. The van der Waals surface area contributed by atoms with Gasteiger partial charge in [-0.1, -0.05) is 29.8 Å². The summed E-state index contributed by atoms with van der Waals surface area (Å²) in [4.78, 5) is 41.6. The van der Waals surface area contributed by atoms with Gasteiger partial charge < -0.3 is 19.9 Å². The molecule has 0 aliphatic carbocycles. The average molecular weight is 486 g/mol. The number of nitrogens with zero attached hydrogens (tertiary/aromatic N) is 2. The van der Waals surface area contributed by atoms with Crippen molar-refractivity contribution < 1.29 is 19.1 Å². The number of urea groups is 1. The molecule has 1 aliphatic rings. The fourth-order valence-corrected chi connectivity index (χ4v) is 4.39. The van der Waals surface area contributed by atoms with Crippen LogP contribution in [0.15, 0.2) is 42.5 Å². The van der Waals surface area contributed by atoms with E-state index in [1.807, 2.05) is 44.2 Å². The Labute approximate surface area is 206 Å². The summed E-state index contributed by atoms with van der Waals surface area (Å²) in [6.45, 7) is 6.98. The second-order valence-electron chi connectivity index (χ2n) is 9.01. The van der Waals surface area contributed by atoms with E-state index in [0.29, 0.717) is 43.2 Å². The molecule has 3 rings (SSSR count). The normalized spacial score (nSPS) is 17.0. The fourth-order valence-electron chi connectivity index (χ4n) is 4.26. The van der Waals surface area contributed by atoms with Crippen LogP contribution < -0.4 is 5.32 Å². The number of hydrogen-bond acceptors (Lipinski definition) is 4. The van der Waals surface area contributed by atoms with E-state index in [4.69, 9.17) is 16.3 Å². The van der Waals surface area contributed by atoms with Crippen molar-refractivity contribution in [3.63, 3.8) is 0 Å². The minimum Gasteiger partial charge on any atom is -0.469 e. The predicted octanol–water partition coefficient (Wildman–Crippen LogP) is 4.94. The zero-order valence-corrected chi connectivity index (χ0v) is 20.9. The third kappa shape index (κ3) is 6.08. The van der Waals surface area contributed by atoms with Crippen molar-refractivity contribution in [2.75, 3.05) is 25.5 Å². The van der Waals surface area contributed by atoms with Gasteiger partial charge in [-0.15, -0.1) is 0 Å². The molecule has 1 saturated heterocycles. The van der Waals surface area contributed by atoms with Gasteiger partial charge in [-0.3, -0.25) is 9.59 Å². The van der Waals surface area contributed by atoms with Crippen LogP contribution in [-0.2, 0) is 20.9 Å². The number of halogens is 1. The molecule has 0 aromatic heterocycles. The van der Waals surface area contributed by atoms with E-state index in [-0.39, 0.29) is 24.3 Å². The molecule has 1 N–H and O–H groups in total. The number of methoxy groups -OCH3 is 1. The van der Waals surface area contributed by atoms with Gasteiger partial charge in [0.05, 0.1) is 7.11 Å². The number of amides is 3. The maximum atomic E-state index is 13.7. The van der Waals surface area contributed by atoms with E-state index in [9.17, 15) is 14.4 Å². The Bertz CT molecular complexity index is 1040. The van der Waals surface area contributed by atoms with E-state index >= 15 is 0 Å². The number of likely N-dealkylation sites (tertiary alicyclic amines) is 1. The summed E-state index contributed by atoms with van der Waals surface area (Å²) in [5.74, 6) is -0.461. The van der Waals surface area contributed by atoms with Gasteiger partial charge in [-0.05, 0) is 74.6 Å². The molecule has 0 saturated carbocycles. The van der Waals surface area contributed by atoms with Crippen molar-refractivity contribution in [2.45, 2.75) is 52.1 Å². The van der Waals surface area contributed by atoms with Crippen LogP contribution in [0.25, 0.3) is 0 Å². The second kappa shape index (κ2) is 10.9.